The maximum atomic E-state index is 15.2. The molecule has 34 heavy (non-hydrogen) atoms. The van der Waals surface area contributed by atoms with E-state index in [9.17, 15) is 33.7 Å². The lowest BCUT2D eigenvalue weighted by Crippen LogP contribution is -2.24. The molecule has 2 unspecified atom stereocenters. The number of halogens is 4. The number of anilines is 2. The number of hydrogen-bond donors (Lipinski definition) is 4. The summed E-state index contributed by atoms with van der Waals surface area (Å²) in [6, 6.07) is 1.20. The quantitative estimate of drug-likeness (QED) is 0.417. The lowest BCUT2D eigenvalue weighted by molar-refractivity contribution is 0.0695. The molecule has 3 heterocycles. The SMILES string of the molecule is Nc1nc(-n2cc(C(=O)O)c(=O)c3cc(F)c(N4CC(CO)C(CO)C4)c(Cl)c32)c(F)cc1F. The Labute approximate surface area is 194 Å². The van der Waals surface area contributed by atoms with Crippen molar-refractivity contribution in [2.75, 3.05) is 36.9 Å². The maximum absolute atomic E-state index is 15.2. The third-order valence-electron chi connectivity index (χ3n) is 5.91. The second kappa shape index (κ2) is 8.78. The van der Waals surface area contributed by atoms with E-state index in [0.29, 0.717) is 6.07 Å². The van der Waals surface area contributed by atoms with Gasteiger partial charge in [-0.1, -0.05) is 11.6 Å². The van der Waals surface area contributed by atoms with E-state index in [1.807, 2.05) is 0 Å². The number of aliphatic hydroxyl groups excluding tert-OH is 2. The molecule has 0 spiro atoms. The third-order valence-corrected chi connectivity index (χ3v) is 6.27. The fourth-order valence-electron chi connectivity index (χ4n) is 4.19. The summed E-state index contributed by atoms with van der Waals surface area (Å²) in [6.07, 6.45) is 0.750. The largest absolute Gasteiger partial charge is 0.477 e. The average Bonchev–Trinajstić information content (AvgIpc) is 3.20. The Balaban J connectivity index is 2.07. The highest BCUT2D eigenvalue weighted by Crippen LogP contribution is 2.40. The number of aliphatic hydroxyl groups is 2. The van der Waals surface area contributed by atoms with E-state index in [0.717, 1.165) is 16.8 Å². The number of aromatic nitrogens is 2. The van der Waals surface area contributed by atoms with Crippen LogP contribution in [-0.2, 0) is 0 Å². The van der Waals surface area contributed by atoms with Crippen LogP contribution in [0.5, 0.6) is 0 Å². The van der Waals surface area contributed by atoms with Crippen LogP contribution in [0, 0.1) is 29.3 Å². The number of carbonyl (C=O) groups is 1. The van der Waals surface area contributed by atoms with Crippen LogP contribution in [0.3, 0.4) is 0 Å². The van der Waals surface area contributed by atoms with Crippen molar-refractivity contribution in [3.05, 3.63) is 56.6 Å². The molecular weight excluding hydrogens is 481 g/mol. The van der Waals surface area contributed by atoms with E-state index < -0.39 is 51.4 Å². The zero-order chi connectivity index (χ0) is 24.9. The highest BCUT2D eigenvalue weighted by Gasteiger charge is 2.35. The minimum Gasteiger partial charge on any atom is -0.477 e. The maximum Gasteiger partial charge on any atom is 0.341 e. The van der Waals surface area contributed by atoms with Gasteiger partial charge in [-0.05, 0) is 6.07 Å². The van der Waals surface area contributed by atoms with Gasteiger partial charge in [-0.2, -0.15) is 0 Å². The minimum absolute atomic E-state index is 0.122. The first-order chi connectivity index (χ1) is 16.1. The molecule has 2 aromatic heterocycles. The Morgan fingerprint density at radius 3 is 2.29 bits per heavy atom. The summed E-state index contributed by atoms with van der Waals surface area (Å²) in [5, 5.41) is 27.7. The van der Waals surface area contributed by atoms with Crippen molar-refractivity contribution < 1.29 is 33.3 Å². The summed E-state index contributed by atoms with van der Waals surface area (Å²) < 4.78 is 44.4. The standard InChI is InChI=1S/C21H18ClF3N4O5/c22-15-16-10(1-12(23)17(15)28-3-8(6-30)9(4-28)7-31)18(32)11(21(33)34)5-29(16)20-14(25)2-13(24)19(26)27-20/h1-2,5,8-9,30-31H,3-4,6-7H2,(H2,26,27)(H,33,34). The van der Waals surface area contributed by atoms with Crippen LogP contribution in [0.25, 0.3) is 16.7 Å². The van der Waals surface area contributed by atoms with Crippen LogP contribution in [0.1, 0.15) is 10.4 Å². The van der Waals surface area contributed by atoms with Crippen LogP contribution in [0.4, 0.5) is 24.7 Å². The van der Waals surface area contributed by atoms with Gasteiger partial charge in [0.1, 0.15) is 11.4 Å². The predicted molar refractivity (Wildman–Crippen MR) is 117 cm³/mol. The Kier molecular flexibility index (Phi) is 6.14. The first kappa shape index (κ1) is 23.8. The van der Waals surface area contributed by atoms with E-state index in [4.69, 9.17) is 17.3 Å². The lowest BCUT2D eigenvalue weighted by atomic mass is 9.98. The van der Waals surface area contributed by atoms with Gasteiger partial charge < -0.3 is 26.0 Å². The van der Waals surface area contributed by atoms with Crippen LogP contribution < -0.4 is 16.1 Å². The first-order valence-corrected chi connectivity index (χ1v) is 10.4. The monoisotopic (exact) mass is 498 g/mol. The molecule has 1 aliphatic heterocycles. The number of pyridine rings is 2. The number of carboxylic acids is 1. The van der Waals surface area contributed by atoms with Crippen molar-refractivity contribution in [1.29, 1.82) is 0 Å². The Bertz CT molecular complexity index is 1370. The fourth-order valence-corrected chi connectivity index (χ4v) is 4.59. The van der Waals surface area contributed by atoms with E-state index in [2.05, 4.69) is 4.98 Å². The normalized spacial score (nSPS) is 18.1. The van der Waals surface area contributed by atoms with Crippen LogP contribution in [-0.4, -0.2) is 57.1 Å². The number of rotatable bonds is 5. The molecule has 0 bridgehead atoms. The molecule has 1 aliphatic rings. The van der Waals surface area contributed by atoms with Crippen LogP contribution >= 0.6 is 11.6 Å². The minimum atomic E-state index is -1.67. The highest BCUT2D eigenvalue weighted by molar-refractivity contribution is 6.38. The summed E-state index contributed by atoms with van der Waals surface area (Å²) in [7, 11) is 0. The molecule has 0 aliphatic carbocycles. The van der Waals surface area contributed by atoms with Crippen LogP contribution in [0.2, 0.25) is 5.02 Å². The summed E-state index contributed by atoms with van der Waals surface area (Å²) in [5.41, 5.74) is 3.07. The molecule has 3 aromatic rings. The van der Waals surface area contributed by atoms with Crippen molar-refractivity contribution in [3.8, 4) is 5.82 Å². The molecule has 9 nitrogen and oxygen atoms in total. The zero-order valence-corrected chi connectivity index (χ0v) is 18.1. The molecule has 5 N–H and O–H groups in total. The molecule has 1 aromatic carbocycles. The molecule has 0 amide bonds. The number of fused-ring (bicyclic) bond motifs is 1. The number of hydrogen-bond acceptors (Lipinski definition) is 7. The van der Waals surface area contributed by atoms with E-state index in [1.165, 1.54) is 4.90 Å². The fraction of sp³-hybridized carbons (Fsp3) is 0.286. The van der Waals surface area contributed by atoms with E-state index in [-0.39, 0.29) is 54.4 Å². The molecule has 0 saturated carbocycles. The lowest BCUT2D eigenvalue weighted by Gasteiger charge is -2.23. The molecule has 1 fully saturated rings. The predicted octanol–water partition coefficient (Wildman–Crippen LogP) is 1.77. The Morgan fingerprint density at radius 1 is 1.12 bits per heavy atom. The summed E-state index contributed by atoms with van der Waals surface area (Å²) in [5.74, 6) is -7.17. The summed E-state index contributed by atoms with van der Waals surface area (Å²) in [4.78, 5) is 29.5. The molecule has 0 radical (unpaired) electrons. The van der Waals surface area contributed by atoms with E-state index in [1.54, 1.807) is 0 Å². The smallest absolute Gasteiger partial charge is 0.341 e. The van der Waals surface area contributed by atoms with Crippen molar-refractivity contribution in [3.63, 3.8) is 0 Å². The Morgan fingerprint density at radius 2 is 1.74 bits per heavy atom. The van der Waals surface area contributed by atoms with Gasteiger partial charge in [-0.25, -0.2) is 22.9 Å². The van der Waals surface area contributed by atoms with Gasteiger partial charge >= 0.3 is 5.97 Å². The topological polar surface area (TPSA) is 142 Å². The number of nitrogens with zero attached hydrogens (tertiary/aromatic N) is 3. The van der Waals surface area contributed by atoms with Crippen molar-refractivity contribution in [2.45, 2.75) is 0 Å². The second-order valence-electron chi connectivity index (χ2n) is 7.92. The number of carboxylic acid groups (broad SMARTS) is 1. The van der Waals surface area contributed by atoms with Gasteiger partial charge in [0.05, 0.1) is 21.6 Å². The summed E-state index contributed by atoms with van der Waals surface area (Å²) >= 11 is 6.52. The van der Waals surface area contributed by atoms with Crippen LogP contribution in [0.15, 0.2) is 23.1 Å². The van der Waals surface area contributed by atoms with Gasteiger partial charge in [0.2, 0.25) is 5.43 Å². The van der Waals surface area contributed by atoms with Gasteiger partial charge in [0.15, 0.2) is 23.3 Å². The van der Waals surface area contributed by atoms with Crippen molar-refractivity contribution in [1.82, 2.24) is 9.55 Å². The number of nitrogens with two attached hydrogens (primary N) is 1. The number of benzene rings is 1. The molecule has 4 rings (SSSR count). The van der Waals surface area contributed by atoms with E-state index >= 15 is 4.39 Å². The summed E-state index contributed by atoms with van der Waals surface area (Å²) in [6.45, 7) is -0.300. The molecule has 2 atom stereocenters. The van der Waals surface area contributed by atoms with Crippen molar-refractivity contribution in [2.24, 2.45) is 11.8 Å². The first-order valence-electron chi connectivity index (χ1n) is 9.98. The van der Waals surface area contributed by atoms with Gasteiger partial charge in [-0.15, -0.1) is 0 Å². The van der Waals surface area contributed by atoms with Gasteiger partial charge in [-0.3, -0.25) is 9.36 Å². The molecule has 1 saturated heterocycles. The number of aromatic carboxylic acids is 1. The number of nitrogen functional groups attached to an aromatic ring is 1. The molecule has 180 valence electrons. The second-order valence-corrected chi connectivity index (χ2v) is 8.29. The Hall–Kier alpha value is -3.35. The molecular formula is C21H18ClF3N4O5. The van der Waals surface area contributed by atoms with Crippen molar-refractivity contribution >= 4 is 40.0 Å². The van der Waals surface area contributed by atoms with Gasteiger partial charge in [0, 0.05) is 50.4 Å². The molecule has 13 heteroatoms. The highest BCUT2D eigenvalue weighted by atomic mass is 35.5. The average molecular weight is 499 g/mol. The zero-order valence-electron chi connectivity index (χ0n) is 17.3. The van der Waals surface area contributed by atoms with Gasteiger partial charge in [0.25, 0.3) is 0 Å². The third kappa shape index (κ3) is 3.73.